The van der Waals surface area contributed by atoms with Crippen molar-refractivity contribution in [3.63, 3.8) is 0 Å². The maximum Gasteiger partial charge on any atom is 0.148 e. The normalized spacial score (nSPS) is 18.9. The van der Waals surface area contributed by atoms with Crippen molar-refractivity contribution >= 4 is 9.84 Å². The molecular formula is C10H21NO3S. The van der Waals surface area contributed by atoms with Crippen LogP contribution in [0.4, 0.5) is 0 Å². The largest absolute Gasteiger partial charge is 0.395 e. The molecule has 0 bridgehead atoms. The first-order valence-corrected chi connectivity index (χ1v) is 7.61. The van der Waals surface area contributed by atoms with Gasteiger partial charge < -0.3 is 5.11 Å². The lowest BCUT2D eigenvalue weighted by Crippen LogP contribution is -2.38. The van der Waals surface area contributed by atoms with Crippen LogP contribution in [0.25, 0.3) is 0 Å². The minimum absolute atomic E-state index is 0.111. The molecule has 0 saturated heterocycles. The first-order chi connectivity index (χ1) is 7.03. The first kappa shape index (κ1) is 12.9. The van der Waals surface area contributed by atoms with Crippen LogP contribution < -0.4 is 0 Å². The highest BCUT2D eigenvalue weighted by molar-refractivity contribution is 7.90. The highest BCUT2D eigenvalue weighted by Crippen LogP contribution is 2.23. The summed E-state index contributed by atoms with van der Waals surface area (Å²) in [6.07, 6.45) is 6.00. The fourth-order valence-corrected chi connectivity index (χ4v) is 2.72. The van der Waals surface area contributed by atoms with Crippen LogP contribution in [0.1, 0.15) is 25.7 Å². The zero-order valence-corrected chi connectivity index (χ0v) is 10.2. The number of hydrogen-bond donors (Lipinski definition) is 1. The summed E-state index contributed by atoms with van der Waals surface area (Å²) in [5, 5.41) is 8.94. The summed E-state index contributed by atoms with van der Waals surface area (Å²) in [5.41, 5.74) is 0. The standard InChI is InChI=1S/C10H21NO3S/c1-15(13,14)9-7-11(6-8-12)10-4-2-3-5-10/h10,12H,2-9H2,1H3. The molecule has 0 unspecified atom stereocenters. The fourth-order valence-electron chi connectivity index (χ4n) is 2.16. The molecule has 90 valence electrons. The van der Waals surface area contributed by atoms with E-state index in [4.69, 9.17) is 5.11 Å². The van der Waals surface area contributed by atoms with Gasteiger partial charge in [-0.2, -0.15) is 0 Å². The summed E-state index contributed by atoms with van der Waals surface area (Å²) in [4.78, 5) is 2.12. The SMILES string of the molecule is CS(=O)(=O)CCN(CCO)C1CCCC1. The third-order valence-corrected chi connectivity index (χ3v) is 3.90. The van der Waals surface area contributed by atoms with Crippen molar-refractivity contribution in [2.75, 3.05) is 31.7 Å². The van der Waals surface area contributed by atoms with Gasteiger partial charge in [0.05, 0.1) is 12.4 Å². The molecule has 0 radical (unpaired) electrons. The third-order valence-electron chi connectivity index (χ3n) is 2.98. The number of aliphatic hydroxyl groups excluding tert-OH is 1. The molecule has 1 N–H and O–H groups in total. The Morgan fingerprint density at radius 1 is 1.27 bits per heavy atom. The Balaban J connectivity index is 2.42. The molecule has 1 aliphatic carbocycles. The monoisotopic (exact) mass is 235 g/mol. The third kappa shape index (κ3) is 4.95. The molecule has 5 heteroatoms. The van der Waals surface area contributed by atoms with Crippen molar-refractivity contribution in [3.8, 4) is 0 Å². The summed E-state index contributed by atoms with van der Waals surface area (Å²) in [6, 6.07) is 0.485. The van der Waals surface area contributed by atoms with Crippen molar-refractivity contribution in [2.24, 2.45) is 0 Å². The Labute approximate surface area is 92.2 Å². The zero-order chi connectivity index (χ0) is 11.3. The number of sulfone groups is 1. The highest BCUT2D eigenvalue weighted by atomic mass is 32.2. The molecule has 0 amide bonds. The Morgan fingerprint density at radius 2 is 1.87 bits per heavy atom. The summed E-state index contributed by atoms with van der Waals surface area (Å²) in [6.45, 7) is 1.27. The van der Waals surface area contributed by atoms with Gasteiger partial charge in [-0.05, 0) is 12.8 Å². The van der Waals surface area contributed by atoms with E-state index in [-0.39, 0.29) is 12.4 Å². The van der Waals surface area contributed by atoms with Gasteiger partial charge in [0, 0.05) is 25.4 Å². The van der Waals surface area contributed by atoms with Crippen LogP contribution in [0.3, 0.4) is 0 Å². The minimum atomic E-state index is -2.89. The second-order valence-electron chi connectivity index (χ2n) is 4.33. The minimum Gasteiger partial charge on any atom is -0.395 e. The molecule has 0 aliphatic heterocycles. The average molecular weight is 235 g/mol. The van der Waals surface area contributed by atoms with Crippen molar-refractivity contribution in [3.05, 3.63) is 0 Å². The van der Waals surface area contributed by atoms with E-state index in [1.54, 1.807) is 0 Å². The molecule has 1 aliphatic rings. The smallest absolute Gasteiger partial charge is 0.148 e. The molecule has 0 spiro atoms. The van der Waals surface area contributed by atoms with Crippen LogP contribution in [0.2, 0.25) is 0 Å². The van der Waals surface area contributed by atoms with Crippen LogP contribution in [0.15, 0.2) is 0 Å². The molecule has 0 aromatic carbocycles. The Kier molecular flexibility index (Phi) is 5.02. The molecule has 0 heterocycles. The zero-order valence-electron chi connectivity index (χ0n) is 9.35. The van der Waals surface area contributed by atoms with Gasteiger partial charge >= 0.3 is 0 Å². The van der Waals surface area contributed by atoms with Gasteiger partial charge in [-0.15, -0.1) is 0 Å². The summed E-state index contributed by atoms with van der Waals surface area (Å²) in [7, 11) is -2.89. The van der Waals surface area contributed by atoms with E-state index in [2.05, 4.69) is 4.90 Å². The Bertz CT molecular complexity index is 270. The predicted molar refractivity (Wildman–Crippen MR) is 60.6 cm³/mol. The second-order valence-corrected chi connectivity index (χ2v) is 6.59. The van der Waals surface area contributed by atoms with Crippen LogP contribution >= 0.6 is 0 Å². The van der Waals surface area contributed by atoms with Gasteiger partial charge in [-0.3, -0.25) is 4.90 Å². The molecule has 0 atom stereocenters. The summed E-state index contributed by atoms with van der Waals surface area (Å²) >= 11 is 0. The van der Waals surface area contributed by atoms with Gasteiger partial charge in [-0.1, -0.05) is 12.8 Å². The molecule has 0 aromatic heterocycles. The van der Waals surface area contributed by atoms with Crippen molar-refractivity contribution in [2.45, 2.75) is 31.7 Å². The van der Waals surface area contributed by atoms with Crippen LogP contribution in [0.5, 0.6) is 0 Å². The van der Waals surface area contributed by atoms with Gasteiger partial charge in [-0.25, -0.2) is 8.42 Å². The van der Waals surface area contributed by atoms with E-state index >= 15 is 0 Å². The fraction of sp³-hybridized carbons (Fsp3) is 1.00. The predicted octanol–water partition coefficient (Wildman–Crippen LogP) is 0.268. The molecule has 4 nitrogen and oxygen atoms in total. The van der Waals surface area contributed by atoms with E-state index in [1.165, 1.54) is 19.1 Å². The van der Waals surface area contributed by atoms with E-state index < -0.39 is 9.84 Å². The average Bonchev–Trinajstić information content (AvgIpc) is 2.63. The summed E-state index contributed by atoms with van der Waals surface area (Å²) in [5.74, 6) is 0.198. The molecule has 1 fully saturated rings. The molecule has 1 rings (SSSR count). The number of hydrogen-bond acceptors (Lipinski definition) is 4. The lowest BCUT2D eigenvalue weighted by molar-refractivity contribution is 0.159. The van der Waals surface area contributed by atoms with Crippen molar-refractivity contribution in [1.82, 2.24) is 4.90 Å². The quantitative estimate of drug-likeness (QED) is 0.718. The van der Waals surface area contributed by atoms with E-state index in [1.807, 2.05) is 0 Å². The highest BCUT2D eigenvalue weighted by Gasteiger charge is 2.22. The van der Waals surface area contributed by atoms with E-state index in [0.29, 0.717) is 19.1 Å². The first-order valence-electron chi connectivity index (χ1n) is 5.55. The number of aliphatic hydroxyl groups is 1. The van der Waals surface area contributed by atoms with Gasteiger partial charge in [0.15, 0.2) is 0 Å². The van der Waals surface area contributed by atoms with E-state index in [9.17, 15) is 8.42 Å². The molecule has 0 aromatic rings. The second kappa shape index (κ2) is 5.82. The lowest BCUT2D eigenvalue weighted by Gasteiger charge is -2.27. The Morgan fingerprint density at radius 3 is 2.33 bits per heavy atom. The van der Waals surface area contributed by atoms with Crippen LogP contribution in [0, 0.1) is 0 Å². The Hall–Kier alpha value is -0.130. The molecule has 15 heavy (non-hydrogen) atoms. The van der Waals surface area contributed by atoms with Gasteiger partial charge in [0.1, 0.15) is 9.84 Å². The number of nitrogens with zero attached hydrogens (tertiary/aromatic N) is 1. The molecular weight excluding hydrogens is 214 g/mol. The maximum atomic E-state index is 11.1. The summed E-state index contributed by atoms with van der Waals surface area (Å²) < 4.78 is 22.1. The van der Waals surface area contributed by atoms with Crippen molar-refractivity contribution < 1.29 is 13.5 Å². The van der Waals surface area contributed by atoms with Gasteiger partial charge in [0.25, 0.3) is 0 Å². The molecule has 1 saturated carbocycles. The number of rotatable bonds is 6. The van der Waals surface area contributed by atoms with E-state index in [0.717, 1.165) is 12.8 Å². The van der Waals surface area contributed by atoms with Crippen molar-refractivity contribution in [1.29, 1.82) is 0 Å². The van der Waals surface area contributed by atoms with Crippen LogP contribution in [-0.4, -0.2) is 56.2 Å². The topological polar surface area (TPSA) is 57.6 Å². The maximum absolute atomic E-state index is 11.1. The van der Waals surface area contributed by atoms with Crippen LogP contribution in [-0.2, 0) is 9.84 Å². The lowest BCUT2D eigenvalue weighted by atomic mass is 10.2. The van der Waals surface area contributed by atoms with Gasteiger partial charge in [0.2, 0.25) is 0 Å².